The number of nitrogens with one attached hydrogen (secondary N) is 1. The summed E-state index contributed by atoms with van der Waals surface area (Å²) in [5, 5.41) is 4.98. The zero-order chi connectivity index (χ0) is 20.1. The first-order chi connectivity index (χ1) is 13.5. The number of amides is 1. The monoisotopic (exact) mass is 416 g/mol. The predicted octanol–water partition coefficient (Wildman–Crippen LogP) is 3.49. The lowest BCUT2D eigenvalue weighted by Gasteiger charge is -2.18. The van der Waals surface area contributed by atoms with Crippen LogP contribution in [0.2, 0.25) is 0 Å². The van der Waals surface area contributed by atoms with Crippen LogP contribution in [-0.4, -0.2) is 41.7 Å². The van der Waals surface area contributed by atoms with Crippen LogP contribution >= 0.6 is 11.3 Å². The molecule has 146 valence electrons. The molecule has 0 spiro atoms. The number of pyridine rings is 1. The van der Waals surface area contributed by atoms with Gasteiger partial charge >= 0.3 is 0 Å². The van der Waals surface area contributed by atoms with E-state index >= 15 is 0 Å². The number of hydrogen-bond acceptors (Lipinski definition) is 6. The van der Waals surface area contributed by atoms with Crippen LogP contribution < -0.4 is 5.32 Å². The quantitative estimate of drug-likeness (QED) is 0.636. The van der Waals surface area contributed by atoms with E-state index in [9.17, 15) is 13.2 Å². The first-order valence-electron chi connectivity index (χ1n) is 8.73. The third-order valence-corrected chi connectivity index (χ3v) is 6.92. The van der Waals surface area contributed by atoms with E-state index in [1.807, 2.05) is 17.5 Å². The van der Waals surface area contributed by atoms with Crippen molar-refractivity contribution >= 4 is 32.4 Å². The number of thiazole rings is 1. The summed E-state index contributed by atoms with van der Waals surface area (Å²) in [5.74, 6) is -0.413. The van der Waals surface area contributed by atoms with Gasteiger partial charge in [-0.15, -0.1) is 11.3 Å². The van der Waals surface area contributed by atoms with Crippen molar-refractivity contribution in [3.8, 4) is 11.3 Å². The maximum atomic E-state index is 12.7. The molecule has 2 heterocycles. The first kappa shape index (κ1) is 20.1. The van der Waals surface area contributed by atoms with Gasteiger partial charge in [-0.25, -0.2) is 13.4 Å². The third kappa shape index (κ3) is 4.27. The molecule has 9 heteroatoms. The van der Waals surface area contributed by atoms with Crippen molar-refractivity contribution in [2.45, 2.75) is 18.7 Å². The number of rotatable bonds is 7. The molecule has 0 unspecified atom stereocenters. The summed E-state index contributed by atoms with van der Waals surface area (Å²) < 4.78 is 26.7. The van der Waals surface area contributed by atoms with Crippen LogP contribution in [-0.2, 0) is 10.0 Å². The standard InChI is InChI=1S/C19H20N4O3S2/c1-3-23(4-2)28(25,26)16-9-5-7-14(11-16)18(24)22-19-21-17(13-27-19)15-8-6-10-20-12-15/h5-13H,3-4H2,1-2H3,(H,21,22,24). The summed E-state index contributed by atoms with van der Waals surface area (Å²) in [6, 6.07) is 9.72. The van der Waals surface area contributed by atoms with Crippen LogP contribution in [0.3, 0.4) is 0 Å². The van der Waals surface area contributed by atoms with Gasteiger partial charge in [0.05, 0.1) is 10.6 Å². The van der Waals surface area contributed by atoms with E-state index in [0.717, 1.165) is 5.56 Å². The zero-order valence-corrected chi connectivity index (χ0v) is 17.1. The molecule has 0 aliphatic heterocycles. The van der Waals surface area contributed by atoms with Gasteiger partial charge in [0.2, 0.25) is 10.0 Å². The Labute approximate surface area is 168 Å². The molecule has 1 N–H and O–H groups in total. The number of nitrogens with zero attached hydrogens (tertiary/aromatic N) is 3. The molecule has 0 bridgehead atoms. The molecule has 0 saturated heterocycles. The van der Waals surface area contributed by atoms with Crippen molar-refractivity contribution in [2.24, 2.45) is 0 Å². The van der Waals surface area contributed by atoms with Gasteiger partial charge in [-0.2, -0.15) is 4.31 Å². The average molecular weight is 417 g/mol. The molecule has 28 heavy (non-hydrogen) atoms. The highest BCUT2D eigenvalue weighted by Crippen LogP contribution is 2.25. The molecule has 7 nitrogen and oxygen atoms in total. The lowest BCUT2D eigenvalue weighted by atomic mass is 10.2. The van der Waals surface area contributed by atoms with Crippen LogP contribution in [0.5, 0.6) is 0 Å². The van der Waals surface area contributed by atoms with E-state index in [1.165, 1.54) is 27.8 Å². The van der Waals surface area contributed by atoms with Crippen molar-refractivity contribution in [1.29, 1.82) is 0 Å². The van der Waals surface area contributed by atoms with Gasteiger partial charge in [-0.3, -0.25) is 15.1 Å². The average Bonchev–Trinajstić information content (AvgIpc) is 3.18. The van der Waals surface area contributed by atoms with E-state index in [0.29, 0.717) is 23.9 Å². The molecule has 3 rings (SSSR count). The van der Waals surface area contributed by atoms with E-state index in [-0.39, 0.29) is 10.5 Å². The minimum atomic E-state index is -3.63. The summed E-state index contributed by atoms with van der Waals surface area (Å²) in [7, 11) is -3.63. The molecule has 0 radical (unpaired) electrons. The van der Waals surface area contributed by atoms with E-state index in [2.05, 4.69) is 15.3 Å². The lowest BCUT2D eigenvalue weighted by Crippen LogP contribution is -2.30. The number of sulfonamides is 1. The first-order valence-corrected chi connectivity index (χ1v) is 11.0. The van der Waals surface area contributed by atoms with E-state index < -0.39 is 15.9 Å². The van der Waals surface area contributed by atoms with Gasteiger partial charge in [0, 0.05) is 42.0 Å². The Bertz CT molecular complexity index is 1060. The SMILES string of the molecule is CCN(CC)S(=O)(=O)c1cccc(C(=O)Nc2nc(-c3cccnc3)cs2)c1. The van der Waals surface area contributed by atoms with Crippen LogP contribution in [0.4, 0.5) is 5.13 Å². The summed E-state index contributed by atoms with van der Waals surface area (Å²) in [4.78, 5) is 21.1. The van der Waals surface area contributed by atoms with Crippen LogP contribution in [0, 0.1) is 0 Å². The molecule has 0 saturated carbocycles. The maximum Gasteiger partial charge on any atom is 0.257 e. The molecule has 0 fully saturated rings. The fourth-order valence-electron chi connectivity index (χ4n) is 2.66. The number of carbonyl (C=O) groups excluding carboxylic acids is 1. The molecule has 1 amide bonds. The van der Waals surface area contributed by atoms with Crippen LogP contribution in [0.15, 0.2) is 59.1 Å². The number of aromatic nitrogens is 2. The number of benzene rings is 1. The Kier molecular flexibility index (Phi) is 6.18. The normalized spacial score (nSPS) is 11.5. The van der Waals surface area contributed by atoms with Gasteiger partial charge in [0.1, 0.15) is 0 Å². The molecule has 2 aromatic heterocycles. The van der Waals surface area contributed by atoms with Gasteiger partial charge in [0.25, 0.3) is 5.91 Å². The van der Waals surface area contributed by atoms with Gasteiger partial charge in [-0.05, 0) is 30.3 Å². The highest BCUT2D eigenvalue weighted by atomic mass is 32.2. The molecule has 0 aliphatic carbocycles. The summed E-state index contributed by atoms with van der Waals surface area (Å²) in [5.41, 5.74) is 1.82. The van der Waals surface area contributed by atoms with E-state index in [1.54, 1.807) is 38.4 Å². The summed E-state index contributed by atoms with van der Waals surface area (Å²) in [6.45, 7) is 4.29. The van der Waals surface area contributed by atoms with Crippen LogP contribution in [0.25, 0.3) is 11.3 Å². The van der Waals surface area contributed by atoms with Crippen LogP contribution in [0.1, 0.15) is 24.2 Å². The molecule has 0 atom stereocenters. The van der Waals surface area contributed by atoms with Crippen molar-refractivity contribution in [1.82, 2.24) is 14.3 Å². The Morgan fingerprint density at radius 3 is 2.64 bits per heavy atom. The fraction of sp³-hybridized carbons (Fsp3) is 0.211. The molecule has 3 aromatic rings. The Morgan fingerprint density at radius 2 is 1.96 bits per heavy atom. The second-order valence-corrected chi connectivity index (χ2v) is 8.65. The van der Waals surface area contributed by atoms with Crippen molar-refractivity contribution in [3.05, 3.63) is 59.7 Å². The minimum absolute atomic E-state index is 0.0963. The van der Waals surface area contributed by atoms with Crippen molar-refractivity contribution < 1.29 is 13.2 Å². The third-order valence-electron chi connectivity index (χ3n) is 4.12. The van der Waals surface area contributed by atoms with Crippen molar-refractivity contribution in [2.75, 3.05) is 18.4 Å². The number of hydrogen-bond donors (Lipinski definition) is 1. The Morgan fingerprint density at radius 1 is 1.18 bits per heavy atom. The van der Waals surface area contributed by atoms with Gasteiger partial charge < -0.3 is 0 Å². The smallest absolute Gasteiger partial charge is 0.257 e. The minimum Gasteiger partial charge on any atom is -0.298 e. The molecule has 0 aliphatic rings. The second-order valence-electron chi connectivity index (χ2n) is 5.85. The molecular weight excluding hydrogens is 396 g/mol. The maximum absolute atomic E-state index is 12.7. The van der Waals surface area contributed by atoms with E-state index in [4.69, 9.17) is 0 Å². The lowest BCUT2D eigenvalue weighted by molar-refractivity contribution is 0.102. The van der Waals surface area contributed by atoms with Gasteiger partial charge in [0.15, 0.2) is 5.13 Å². The predicted molar refractivity (Wildman–Crippen MR) is 110 cm³/mol. The Balaban J connectivity index is 1.80. The second kappa shape index (κ2) is 8.59. The highest BCUT2D eigenvalue weighted by molar-refractivity contribution is 7.89. The topological polar surface area (TPSA) is 92.3 Å². The zero-order valence-electron chi connectivity index (χ0n) is 15.5. The van der Waals surface area contributed by atoms with Gasteiger partial charge in [-0.1, -0.05) is 19.9 Å². The Hall–Kier alpha value is -2.62. The number of carbonyl (C=O) groups is 1. The fourth-order valence-corrected chi connectivity index (χ4v) is 4.88. The molecular formula is C19H20N4O3S2. The molecule has 1 aromatic carbocycles. The van der Waals surface area contributed by atoms with Crippen molar-refractivity contribution in [3.63, 3.8) is 0 Å². The number of anilines is 1. The highest BCUT2D eigenvalue weighted by Gasteiger charge is 2.22. The summed E-state index contributed by atoms with van der Waals surface area (Å²) in [6.07, 6.45) is 3.38. The largest absolute Gasteiger partial charge is 0.298 e. The summed E-state index contributed by atoms with van der Waals surface area (Å²) >= 11 is 1.29.